The highest BCUT2D eigenvalue weighted by Crippen LogP contribution is 2.29. The Morgan fingerprint density at radius 3 is 2.73 bits per heavy atom. The number of aromatic nitrogens is 2. The maximum Gasteiger partial charge on any atom is 0.325 e. The van der Waals surface area contributed by atoms with Crippen LogP contribution in [0.25, 0.3) is 0 Å². The minimum atomic E-state index is -0.465. The largest absolute Gasteiger partial charge is 0.465 e. The smallest absolute Gasteiger partial charge is 0.325 e. The zero-order valence-electron chi connectivity index (χ0n) is 17.0. The number of hydrogen-bond acceptors (Lipinski definition) is 7. The summed E-state index contributed by atoms with van der Waals surface area (Å²) in [7, 11) is 0. The molecule has 30 heavy (non-hydrogen) atoms. The van der Waals surface area contributed by atoms with Crippen LogP contribution in [0.3, 0.4) is 0 Å². The van der Waals surface area contributed by atoms with E-state index in [-0.39, 0.29) is 36.0 Å². The van der Waals surface area contributed by atoms with Crippen molar-refractivity contribution in [3.8, 4) is 0 Å². The Morgan fingerprint density at radius 2 is 2.00 bits per heavy atom. The molecule has 160 valence electrons. The first kappa shape index (κ1) is 21.7. The van der Waals surface area contributed by atoms with Gasteiger partial charge in [0.25, 0.3) is 5.91 Å². The number of nitrogens with one attached hydrogen (secondary N) is 2. The molecular formula is C20H25N5O4S. The van der Waals surface area contributed by atoms with Gasteiger partial charge in [0.1, 0.15) is 11.6 Å². The van der Waals surface area contributed by atoms with Crippen molar-refractivity contribution in [2.45, 2.75) is 32.6 Å². The highest BCUT2D eigenvalue weighted by molar-refractivity contribution is 7.13. The summed E-state index contributed by atoms with van der Waals surface area (Å²) >= 11 is 1.24. The van der Waals surface area contributed by atoms with Crippen molar-refractivity contribution in [3.63, 3.8) is 0 Å². The van der Waals surface area contributed by atoms with Crippen LogP contribution in [0.1, 0.15) is 46.1 Å². The van der Waals surface area contributed by atoms with E-state index in [9.17, 15) is 14.4 Å². The Hall–Kier alpha value is -3.01. The summed E-state index contributed by atoms with van der Waals surface area (Å²) in [6, 6.07) is 7.21. The number of rotatable bonds is 6. The Labute approximate surface area is 178 Å². The molecule has 1 aromatic carbocycles. The molecule has 0 bridgehead atoms. The Kier molecular flexibility index (Phi) is 7.34. The fourth-order valence-corrected chi connectivity index (χ4v) is 4.01. The van der Waals surface area contributed by atoms with Gasteiger partial charge in [0.05, 0.1) is 6.61 Å². The number of nitrogens with zero attached hydrogens (tertiary/aromatic N) is 3. The average Bonchev–Trinajstić information content (AvgIpc) is 3.24. The minimum Gasteiger partial charge on any atom is -0.465 e. The van der Waals surface area contributed by atoms with Gasteiger partial charge < -0.3 is 20.3 Å². The second-order valence-corrected chi connectivity index (χ2v) is 8.02. The predicted octanol–water partition coefficient (Wildman–Crippen LogP) is 2.55. The van der Waals surface area contributed by atoms with Crippen molar-refractivity contribution in [2.75, 3.05) is 31.6 Å². The van der Waals surface area contributed by atoms with Crippen LogP contribution in [0.5, 0.6) is 0 Å². The van der Waals surface area contributed by atoms with Crippen molar-refractivity contribution in [3.05, 3.63) is 39.8 Å². The van der Waals surface area contributed by atoms with Crippen LogP contribution < -0.4 is 10.6 Å². The number of urea groups is 1. The van der Waals surface area contributed by atoms with E-state index in [1.807, 2.05) is 31.2 Å². The van der Waals surface area contributed by atoms with Crippen molar-refractivity contribution >= 4 is 34.9 Å². The predicted molar refractivity (Wildman–Crippen MR) is 113 cm³/mol. The lowest BCUT2D eigenvalue weighted by Crippen LogP contribution is -2.46. The van der Waals surface area contributed by atoms with E-state index in [4.69, 9.17) is 4.74 Å². The fourth-order valence-electron chi connectivity index (χ4n) is 3.15. The second kappa shape index (κ2) is 10.1. The quantitative estimate of drug-likeness (QED) is 0.680. The standard InChI is InChI=1S/C20H25N5O4S/c1-3-29-16(26)11-21-20(28)25-10-4-5-14(12-25)18-23-24-19(30-18)17(27)22-15-8-6-13(2)7-9-15/h6-9,14H,3-5,10-12H2,1-2H3,(H,21,28)(H,22,27). The molecule has 2 aromatic rings. The molecule has 1 atom stereocenters. The summed E-state index contributed by atoms with van der Waals surface area (Å²) < 4.78 is 4.82. The molecule has 0 saturated carbocycles. The van der Waals surface area contributed by atoms with E-state index < -0.39 is 5.97 Å². The first-order valence-corrected chi connectivity index (χ1v) is 10.7. The lowest BCUT2D eigenvalue weighted by molar-refractivity contribution is -0.141. The number of likely N-dealkylation sites (tertiary alicyclic amines) is 1. The highest BCUT2D eigenvalue weighted by atomic mass is 32.1. The zero-order chi connectivity index (χ0) is 21.5. The molecule has 1 unspecified atom stereocenters. The fraction of sp³-hybridized carbons (Fsp3) is 0.450. The molecule has 1 aromatic heterocycles. The van der Waals surface area contributed by atoms with Gasteiger partial charge in [0.2, 0.25) is 5.01 Å². The lowest BCUT2D eigenvalue weighted by atomic mass is 9.99. The molecule has 0 spiro atoms. The highest BCUT2D eigenvalue weighted by Gasteiger charge is 2.28. The van der Waals surface area contributed by atoms with Crippen LogP contribution in [-0.2, 0) is 9.53 Å². The third kappa shape index (κ3) is 5.76. The number of carbonyl (C=O) groups is 3. The summed E-state index contributed by atoms with van der Waals surface area (Å²) in [5, 5.41) is 14.6. The Balaban J connectivity index is 1.56. The monoisotopic (exact) mass is 431 g/mol. The molecule has 3 amide bonds. The van der Waals surface area contributed by atoms with E-state index in [1.54, 1.807) is 11.8 Å². The van der Waals surface area contributed by atoms with Crippen LogP contribution in [-0.4, -0.2) is 59.2 Å². The van der Waals surface area contributed by atoms with Gasteiger partial charge in [-0.25, -0.2) is 4.79 Å². The van der Waals surface area contributed by atoms with Crippen LogP contribution >= 0.6 is 11.3 Å². The molecule has 3 rings (SSSR count). The minimum absolute atomic E-state index is 0.00511. The average molecular weight is 432 g/mol. The van der Waals surface area contributed by atoms with Crippen molar-refractivity contribution in [2.24, 2.45) is 0 Å². The van der Waals surface area contributed by atoms with Gasteiger partial charge in [-0.05, 0) is 38.8 Å². The number of piperidine rings is 1. The first-order chi connectivity index (χ1) is 14.5. The number of aryl methyl sites for hydroxylation is 1. The van der Waals surface area contributed by atoms with Gasteiger partial charge in [-0.15, -0.1) is 10.2 Å². The van der Waals surface area contributed by atoms with E-state index in [0.717, 1.165) is 23.4 Å². The van der Waals surface area contributed by atoms with Crippen LogP contribution in [0.2, 0.25) is 0 Å². The molecule has 1 fully saturated rings. The molecule has 9 nitrogen and oxygen atoms in total. The number of benzene rings is 1. The number of carbonyl (C=O) groups excluding carboxylic acids is 3. The van der Waals surface area contributed by atoms with Crippen LogP contribution in [0.4, 0.5) is 10.5 Å². The maximum atomic E-state index is 12.4. The number of hydrogen-bond donors (Lipinski definition) is 2. The molecule has 10 heteroatoms. The topological polar surface area (TPSA) is 114 Å². The lowest BCUT2D eigenvalue weighted by Gasteiger charge is -2.31. The summed E-state index contributed by atoms with van der Waals surface area (Å²) in [6.45, 7) is 4.88. The number of esters is 1. The molecule has 0 aliphatic carbocycles. The van der Waals surface area contributed by atoms with Gasteiger partial charge >= 0.3 is 12.0 Å². The zero-order valence-corrected chi connectivity index (χ0v) is 17.8. The van der Waals surface area contributed by atoms with Crippen molar-refractivity contribution in [1.29, 1.82) is 0 Å². The van der Waals surface area contributed by atoms with E-state index >= 15 is 0 Å². The Morgan fingerprint density at radius 1 is 1.23 bits per heavy atom. The third-order valence-electron chi connectivity index (χ3n) is 4.69. The SMILES string of the molecule is CCOC(=O)CNC(=O)N1CCCC(c2nnc(C(=O)Nc3ccc(C)cc3)s2)C1. The number of anilines is 1. The van der Waals surface area contributed by atoms with E-state index in [0.29, 0.717) is 18.8 Å². The normalized spacial score (nSPS) is 16.1. The molecule has 1 aliphatic rings. The Bertz CT molecular complexity index is 899. The molecule has 2 heterocycles. The number of ether oxygens (including phenoxy) is 1. The third-order valence-corrected chi connectivity index (χ3v) is 5.78. The molecular weight excluding hydrogens is 406 g/mol. The van der Waals surface area contributed by atoms with Gasteiger partial charge in [-0.3, -0.25) is 9.59 Å². The maximum absolute atomic E-state index is 12.4. The molecule has 1 aliphatic heterocycles. The summed E-state index contributed by atoms with van der Waals surface area (Å²) in [4.78, 5) is 37.9. The van der Waals surface area contributed by atoms with Crippen molar-refractivity contribution in [1.82, 2.24) is 20.4 Å². The summed E-state index contributed by atoms with van der Waals surface area (Å²) in [6.07, 6.45) is 1.66. The molecule has 0 radical (unpaired) electrons. The van der Waals surface area contributed by atoms with E-state index in [1.165, 1.54) is 11.3 Å². The van der Waals surface area contributed by atoms with E-state index in [2.05, 4.69) is 20.8 Å². The van der Waals surface area contributed by atoms with Crippen LogP contribution in [0.15, 0.2) is 24.3 Å². The summed E-state index contributed by atoms with van der Waals surface area (Å²) in [5.41, 5.74) is 1.81. The van der Waals surface area contributed by atoms with Crippen LogP contribution in [0, 0.1) is 6.92 Å². The van der Waals surface area contributed by atoms with Crippen molar-refractivity contribution < 1.29 is 19.1 Å². The van der Waals surface area contributed by atoms with Gasteiger partial charge in [-0.1, -0.05) is 29.0 Å². The molecule has 2 N–H and O–H groups in total. The number of amides is 3. The summed E-state index contributed by atoms with van der Waals surface area (Å²) in [5.74, 6) is -0.763. The second-order valence-electron chi connectivity index (χ2n) is 7.01. The van der Waals surface area contributed by atoms with Gasteiger partial charge in [0.15, 0.2) is 0 Å². The molecule has 1 saturated heterocycles. The van der Waals surface area contributed by atoms with Gasteiger partial charge in [-0.2, -0.15) is 0 Å². The first-order valence-electron chi connectivity index (χ1n) is 9.86. The van der Waals surface area contributed by atoms with Gasteiger partial charge in [0, 0.05) is 24.7 Å².